The molecule has 7 rings (SSSR count). The Labute approximate surface area is 469 Å². The van der Waals surface area contributed by atoms with Crippen molar-refractivity contribution in [2.24, 2.45) is 10.8 Å². The van der Waals surface area contributed by atoms with Gasteiger partial charge in [-0.15, -0.1) is 0 Å². The van der Waals surface area contributed by atoms with E-state index in [9.17, 15) is 9.59 Å². The summed E-state index contributed by atoms with van der Waals surface area (Å²) in [5, 5.41) is 0.274. The molecule has 5 aromatic heterocycles. The molecule has 0 amide bonds. The van der Waals surface area contributed by atoms with Gasteiger partial charge in [0.2, 0.25) is 5.28 Å². The number of likely N-dealkylation sites (N-methyl/N-ethyl adjacent to an activating group) is 2. The maximum atomic E-state index is 12.5. The van der Waals surface area contributed by atoms with Crippen molar-refractivity contribution in [3.63, 3.8) is 0 Å². The Morgan fingerprint density at radius 2 is 1.01 bits per heavy atom. The summed E-state index contributed by atoms with van der Waals surface area (Å²) in [5.74, 6) is 2.83. The van der Waals surface area contributed by atoms with Gasteiger partial charge in [-0.2, -0.15) is 0 Å². The van der Waals surface area contributed by atoms with Gasteiger partial charge in [-0.25, -0.2) is 24.9 Å². The van der Waals surface area contributed by atoms with Crippen molar-refractivity contribution >= 4 is 90.3 Å². The first kappa shape index (κ1) is 66.0. The fraction of sp³-hybridized carbons (Fsp3) is 0.569. The number of hydrogen-bond donors (Lipinski definition) is 0. The Balaban J connectivity index is 0.000000344. The fourth-order valence-electron chi connectivity index (χ4n) is 7.82. The molecule has 0 fully saturated rings. The molecular formula is C58H89BrClN9O2Sn2. The van der Waals surface area contributed by atoms with Crippen molar-refractivity contribution < 1.29 is 9.59 Å². The molecule has 2 aliphatic carbocycles. The molecule has 11 nitrogen and oxygen atoms in total. The quantitative estimate of drug-likeness (QED) is 0.0672. The topological polar surface area (TPSA) is 131 Å². The van der Waals surface area contributed by atoms with Gasteiger partial charge >= 0.3 is 69.2 Å². The van der Waals surface area contributed by atoms with E-state index >= 15 is 0 Å². The number of aromatic nitrogens is 7. The van der Waals surface area contributed by atoms with E-state index in [4.69, 9.17) is 21.6 Å². The van der Waals surface area contributed by atoms with Gasteiger partial charge < -0.3 is 9.80 Å². The molecule has 2 radical (unpaired) electrons. The number of halogens is 2. The van der Waals surface area contributed by atoms with Crippen LogP contribution in [0.2, 0.25) is 34.9 Å². The van der Waals surface area contributed by atoms with Crippen LogP contribution in [0.15, 0.2) is 59.6 Å². The van der Waals surface area contributed by atoms with Gasteiger partial charge in [-0.05, 0) is 156 Å². The first-order valence-corrected chi connectivity index (χ1v) is 44.4. The zero-order valence-electron chi connectivity index (χ0n) is 48.0. The number of carbonyl (C=O) groups is 2. The van der Waals surface area contributed by atoms with Gasteiger partial charge in [0.25, 0.3) is 0 Å². The van der Waals surface area contributed by atoms with Gasteiger partial charge in [0.15, 0.2) is 17.4 Å². The zero-order chi connectivity index (χ0) is 55.1. The number of carbonyl (C=O) groups excluding carboxylic acids is 2. The Bertz CT molecular complexity index is 2420. The first-order chi connectivity index (χ1) is 34.1. The van der Waals surface area contributed by atoms with Crippen LogP contribution in [0.4, 0.5) is 11.6 Å². The van der Waals surface area contributed by atoms with Gasteiger partial charge in [-0.3, -0.25) is 19.6 Å². The molecule has 5 heterocycles. The molecule has 0 atom stereocenters. The Morgan fingerprint density at radius 1 is 0.603 bits per heavy atom. The second-order valence-electron chi connectivity index (χ2n) is 22.4. The summed E-state index contributed by atoms with van der Waals surface area (Å²) in [7, 11) is 3.86. The van der Waals surface area contributed by atoms with Crippen molar-refractivity contribution in [3.8, 4) is 11.5 Å². The predicted octanol–water partition coefficient (Wildman–Crippen LogP) is 14.2. The number of hydrogen-bond acceptors (Lipinski definition) is 11. The van der Waals surface area contributed by atoms with Gasteiger partial charge in [-0.1, -0.05) is 62.3 Å². The van der Waals surface area contributed by atoms with Crippen LogP contribution in [-0.2, 0) is 54.5 Å². The van der Waals surface area contributed by atoms with E-state index in [0.717, 1.165) is 102 Å². The Kier molecular flexibility index (Phi) is 30.0. The van der Waals surface area contributed by atoms with Crippen LogP contribution in [0.25, 0.3) is 11.5 Å². The van der Waals surface area contributed by atoms with Crippen LogP contribution in [0.3, 0.4) is 0 Å². The average Bonchev–Trinajstić information content (AvgIpc) is 3.97. The Hall–Kier alpha value is -3.08. The molecule has 5 aromatic rings. The third-order valence-corrected chi connectivity index (χ3v) is 11.4. The molecule has 400 valence electrons. The third kappa shape index (κ3) is 27.0. The average molecular weight is 1300 g/mol. The summed E-state index contributed by atoms with van der Waals surface area (Å²) in [4.78, 5) is 73.5. The van der Waals surface area contributed by atoms with Crippen LogP contribution >= 0.6 is 27.5 Å². The second kappa shape index (κ2) is 33.2. The fourth-order valence-corrected chi connectivity index (χ4v) is 8.41. The molecule has 0 unspecified atom stereocenters. The number of Topliss-reactive ketones (excluding diaryl/α,β-unsaturated/α-hetero) is 2. The summed E-state index contributed by atoms with van der Waals surface area (Å²) in [6.07, 6.45) is 15.8. The summed E-state index contributed by atoms with van der Waals surface area (Å²) >= 11 is 8.19. The molecular weight excluding hydrogens is 1210 g/mol. The van der Waals surface area contributed by atoms with E-state index < -0.39 is 39.5 Å². The summed E-state index contributed by atoms with van der Waals surface area (Å²) < 4.78 is 0.918. The Morgan fingerprint density at radius 3 is 1.42 bits per heavy atom. The van der Waals surface area contributed by atoms with Crippen LogP contribution < -0.4 is 9.80 Å². The minimum atomic E-state index is -0.543. The molecule has 0 saturated carbocycles. The molecule has 2 aliphatic rings. The molecule has 73 heavy (non-hydrogen) atoms. The van der Waals surface area contributed by atoms with Crippen molar-refractivity contribution in [3.05, 3.63) is 110 Å². The summed E-state index contributed by atoms with van der Waals surface area (Å²) in [5.41, 5.74) is 10.3. The molecule has 0 saturated heterocycles. The van der Waals surface area contributed by atoms with E-state index in [-0.39, 0.29) is 27.7 Å². The van der Waals surface area contributed by atoms with Crippen LogP contribution in [0.5, 0.6) is 0 Å². The normalized spacial score (nSPS) is 12.2. The number of nitrogens with zero attached hydrogens (tertiary/aromatic N) is 9. The van der Waals surface area contributed by atoms with Crippen molar-refractivity contribution in [2.45, 2.75) is 170 Å². The number of ketones is 2. The van der Waals surface area contributed by atoms with Crippen molar-refractivity contribution in [2.75, 3.05) is 37.0 Å². The number of pyridine rings is 3. The SMILES string of the molecule is CCc1ccnc(-c2nc3c(c(N(C)CC(=O)CC(C)(C)C)n2)CCC3)c1.CCc1ccnc(Br)c1.CCc1ccnc(C)c1.CN(CC(=O)CC(C)(C)C)c1nc(Cl)nc2c1CCC2.[CH3][Sn]([CH3])[CH3].[CH3][Sn]([CH3])[CH3]. The van der Waals surface area contributed by atoms with Crippen LogP contribution in [0.1, 0.15) is 133 Å². The van der Waals surface area contributed by atoms with Gasteiger partial charge in [0.1, 0.15) is 21.9 Å². The van der Waals surface area contributed by atoms with Crippen LogP contribution in [-0.4, -0.2) is 113 Å². The van der Waals surface area contributed by atoms with E-state index in [1.165, 1.54) is 22.3 Å². The van der Waals surface area contributed by atoms with Gasteiger partial charge in [0.05, 0.1) is 18.8 Å². The molecule has 0 spiro atoms. The second-order valence-corrected chi connectivity index (χ2v) is 40.7. The van der Waals surface area contributed by atoms with Crippen LogP contribution in [0, 0.1) is 17.8 Å². The summed E-state index contributed by atoms with van der Waals surface area (Å²) in [6, 6.07) is 12.3. The minimum absolute atomic E-state index is 0.00121. The van der Waals surface area contributed by atoms with Crippen molar-refractivity contribution in [1.82, 2.24) is 34.9 Å². The third-order valence-electron chi connectivity index (χ3n) is 10.8. The standard InChI is InChI=1S/C22H30N4O.C15H22ClN3O.C8H11N.C7H8BrN.6CH3.2Sn/c1-6-15-10-11-23-19(12-15)20-24-18-9-7-8-17(18)21(25-20)26(5)14-16(27)13-22(2,3)4;1-15(2,3)8-10(20)9-19(4)13-11-6-5-7-12(11)17-14(16)18-13;1-3-8-4-5-9-7(2)6-8;1-2-6-3-4-9-7(8)5-6;;;;;;;;/h10-12H,6-9,13-14H2,1-5H3;5-9H2,1-4H3;4-6H,3H2,1-2H3;3-5H,2H2,1H3;6*1H3;;. The zero-order valence-corrected chi connectivity index (χ0v) is 56.0. The molecule has 0 bridgehead atoms. The van der Waals surface area contributed by atoms with E-state index in [2.05, 4.69) is 145 Å². The summed E-state index contributed by atoms with van der Waals surface area (Å²) in [6.45, 7) is 21.7. The molecule has 0 N–H and O–H groups in total. The monoisotopic (exact) mass is 1300 g/mol. The molecule has 15 heteroatoms. The maximum absolute atomic E-state index is 12.5. The number of fused-ring (bicyclic) bond motifs is 2. The first-order valence-electron chi connectivity index (χ1n) is 26.1. The van der Waals surface area contributed by atoms with Gasteiger partial charge in [0, 0.05) is 68.0 Å². The molecule has 0 aromatic carbocycles. The van der Waals surface area contributed by atoms with Crippen molar-refractivity contribution in [1.29, 1.82) is 0 Å². The van der Waals surface area contributed by atoms with E-state index in [1.807, 2.05) is 73.7 Å². The number of aryl methyl sites for hydroxylation is 6. The van der Waals surface area contributed by atoms with E-state index in [0.29, 0.717) is 31.8 Å². The van der Waals surface area contributed by atoms with E-state index in [1.54, 1.807) is 0 Å². The predicted molar refractivity (Wildman–Crippen MR) is 317 cm³/mol. The molecule has 0 aliphatic heterocycles. The number of anilines is 2. The number of rotatable bonds is 12.